The van der Waals surface area contributed by atoms with Crippen molar-refractivity contribution in [3.63, 3.8) is 0 Å². The van der Waals surface area contributed by atoms with Crippen LogP contribution in [0, 0.1) is 18.3 Å². The summed E-state index contributed by atoms with van der Waals surface area (Å²) in [5.74, 6) is 1.39. The van der Waals surface area contributed by atoms with Crippen LogP contribution in [-0.2, 0) is 6.54 Å². The highest BCUT2D eigenvalue weighted by Crippen LogP contribution is 2.37. The molecule has 0 radical (unpaired) electrons. The van der Waals surface area contributed by atoms with Gasteiger partial charge in [0.2, 0.25) is 0 Å². The SMILES string of the molecule is Cc1ccc(OCCCCn2nnc(C#N)c2C2CCC2)cc1. The molecule has 1 heterocycles. The Morgan fingerprint density at radius 3 is 2.70 bits per heavy atom. The van der Waals surface area contributed by atoms with Crippen LogP contribution in [0.5, 0.6) is 5.75 Å². The maximum absolute atomic E-state index is 9.17. The molecular weight excluding hydrogens is 288 g/mol. The molecule has 0 aliphatic heterocycles. The molecule has 5 nitrogen and oxygen atoms in total. The molecule has 0 spiro atoms. The molecular formula is C18H22N4O. The van der Waals surface area contributed by atoms with Crippen LogP contribution in [0.15, 0.2) is 24.3 Å². The minimum absolute atomic E-state index is 0.475. The third-order valence-electron chi connectivity index (χ3n) is 4.43. The highest BCUT2D eigenvalue weighted by atomic mass is 16.5. The maximum Gasteiger partial charge on any atom is 0.186 e. The van der Waals surface area contributed by atoms with Gasteiger partial charge in [-0.15, -0.1) is 5.10 Å². The maximum atomic E-state index is 9.17. The summed E-state index contributed by atoms with van der Waals surface area (Å²) in [5.41, 5.74) is 2.78. The number of hydrogen-bond donors (Lipinski definition) is 0. The third kappa shape index (κ3) is 3.70. The molecule has 0 N–H and O–H groups in total. The van der Waals surface area contributed by atoms with Gasteiger partial charge in [0.05, 0.1) is 12.3 Å². The summed E-state index contributed by atoms with van der Waals surface area (Å²) in [7, 11) is 0. The number of benzene rings is 1. The molecule has 5 heteroatoms. The van der Waals surface area contributed by atoms with Gasteiger partial charge in [-0.05, 0) is 44.7 Å². The van der Waals surface area contributed by atoms with Crippen LogP contribution in [0.2, 0.25) is 0 Å². The molecule has 1 saturated carbocycles. The topological polar surface area (TPSA) is 63.7 Å². The number of nitriles is 1. The number of hydrogen-bond acceptors (Lipinski definition) is 4. The van der Waals surface area contributed by atoms with E-state index in [-0.39, 0.29) is 0 Å². The zero-order valence-electron chi connectivity index (χ0n) is 13.5. The van der Waals surface area contributed by atoms with Gasteiger partial charge in [-0.3, -0.25) is 0 Å². The highest BCUT2D eigenvalue weighted by Gasteiger charge is 2.27. The molecule has 1 aliphatic rings. The van der Waals surface area contributed by atoms with E-state index in [1.54, 1.807) is 0 Å². The second-order valence-electron chi connectivity index (χ2n) is 6.15. The van der Waals surface area contributed by atoms with Crippen LogP contribution in [0.25, 0.3) is 0 Å². The lowest BCUT2D eigenvalue weighted by Gasteiger charge is -2.25. The van der Waals surface area contributed by atoms with Crippen molar-refractivity contribution < 1.29 is 4.74 Å². The van der Waals surface area contributed by atoms with Crippen molar-refractivity contribution in [1.29, 1.82) is 5.26 Å². The summed E-state index contributed by atoms with van der Waals surface area (Å²) in [6, 6.07) is 10.3. The Kier molecular flexibility index (Phi) is 4.92. The molecule has 1 aromatic heterocycles. The van der Waals surface area contributed by atoms with Gasteiger partial charge in [0.15, 0.2) is 5.69 Å². The van der Waals surface area contributed by atoms with Crippen LogP contribution >= 0.6 is 0 Å². The predicted octanol–water partition coefficient (Wildman–Crippen LogP) is 3.58. The second kappa shape index (κ2) is 7.28. The van der Waals surface area contributed by atoms with Crippen molar-refractivity contribution in [3.8, 4) is 11.8 Å². The molecule has 1 aromatic carbocycles. The zero-order valence-corrected chi connectivity index (χ0v) is 13.5. The monoisotopic (exact) mass is 310 g/mol. The largest absolute Gasteiger partial charge is 0.494 e. The Hall–Kier alpha value is -2.35. The average molecular weight is 310 g/mol. The van der Waals surface area contributed by atoms with Crippen LogP contribution in [-0.4, -0.2) is 21.6 Å². The van der Waals surface area contributed by atoms with Crippen LogP contribution in [0.1, 0.15) is 55.0 Å². The Bertz CT molecular complexity index is 680. The molecule has 23 heavy (non-hydrogen) atoms. The molecule has 1 fully saturated rings. The van der Waals surface area contributed by atoms with Gasteiger partial charge in [-0.1, -0.05) is 29.3 Å². The predicted molar refractivity (Wildman–Crippen MR) is 87.2 cm³/mol. The van der Waals surface area contributed by atoms with Crippen LogP contribution in [0.3, 0.4) is 0 Å². The standard InChI is InChI=1S/C18H22N4O/c1-14-7-9-16(10-8-14)23-12-3-2-11-22-18(15-5-4-6-15)17(13-19)20-21-22/h7-10,15H,2-6,11-12H2,1H3. The number of nitrogens with zero attached hydrogens (tertiary/aromatic N) is 4. The van der Waals surface area contributed by atoms with Crippen LogP contribution in [0.4, 0.5) is 0 Å². The van der Waals surface area contributed by atoms with Crippen LogP contribution < -0.4 is 4.74 Å². The molecule has 3 rings (SSSR count). The first kappa shape index (κ1) is 15.5. The molecule has 0 bridgehead atoms. The number of unbranched alkanes of at least 4 members (excludes halogenated alkanes) is 1. The Balaban J connectivity index is 1.46. The quantitative estimate of drug-likeness (QED) is 0.733. The van der Waals surface area contributed by atoms with Crippen molar-refractivity contribution >= 4 is 0 Å². The molecule has 0 amide bonds. The van der Waals surface area contributed by atoms with Crippen molar-refractivity contribution in [2.45, 2.75) is 51.5 Å². The minimum Gasteiger partial charge on any atom is -0.494 e. The molecule has 2 aromatic rings. The summed E-state index contributed by atoms with van der Waals surface area (Å²) in [6.45, 7) is 3.57. The van der Waals surface area contributed by atoms with E-state index in [1.165, 1.54) is 12.0 Å². The Morgan fingerprint density at radius 1 is 1.26 bits per heavy atom. The molecule has 0 saturated heterocycles. The second-order valence-corrected chi connectivity index (χ2v) is 6.15. The van der Waals surface area contributed by atoms with Gasteiger partial charge in [-0.25, -0.2) is 4.68 Å². The van der Waals surface area contributed by atoms with Gasteiger partial charge in [-0.2, -0.15) is 5.26 Å². The number of rotatable bonds is 7. The van der Waals surface area contributed by atoms with Gasteiger partial charge in [0.1, 0.15) is 11.8 Å². The fraction of sp³-hybridized carbons (Fsp3) is 0.500. The number of aryl methyl sites for hydroxylation is 2. The molecule has 0 unspecified atom stereocenters. The number of aromatic nitrogens is 3. The van der Waals surface area contributed by atoms with Gasteiger partial charge in [0.25, 0.3) is 0 Å². The van der Waals surface area contributed by atoms with Crippen molar-refractivity contribution in [2.24, 2.45) is 0 Å². The van der Waals surface area contributed by atoms with Crippen molar-refractivity contribution in [3.05, 3.63) is 41.2 Å². The van der Waals surface area contributed by atoms with E-state index in [1.807, 2.05) is 16.8 Å². The lowest BCUT2D eigenvalue weighted by molar-refractivity contribution is 0.299. The Labute approximate surface area is 136 Å². The van der Waals surface area contributed by atoms with Crippen molar-refractivity contribution in [2.75, 3.05) is 6.61 Å². The van der Waals surface area contributed by atoms with E-state index in [0.717, 1.165) is 43.7 Å². The normalized spacial score (nSPS) is 14.3. The van der Waals surface area contributed by atoms with E-state index in [0.29, 0.717) is 18.2 Å². The van der Waals surface area contributed by atoms with Gasteiger partial charge < -0.3 is 4.74 Å². The summed E-state index contributed by atoms with van der Waals surface area (Å²) in [6.07, 6.45) is 5.47. The summed E-state index contributed by atoms with van der Waals surface area (Å²) < 4.78 is 7.66. The molecule has 120 valence electrons. The summed E-state index contributed by atoms with van der Waals surface area (Å²) >= 11 is 0. The smallest absolute Gasteiger partial charge is 0.186 e. The molecule has 0 atom stereocenters. The highest BCUT2D eigenvalue weighted by molar-refractivity contribution is 5.29. The summed E-state index contributed by atoms with van der Waals surface area (Å²) in [5, 5.41) is 17.3. The zero-order chi connectivity index (χ0) is 16.1. The van der Waals surface area contributed by atoms with Gasteiger partial charge >= 0.3 is 0 Å². The first-order valence-electron chi connectivity index (χ1n) is 8.31. The summed E-state index contributed by atoms with van der Waals surface area (Å²) in [4.78, 5) is 0. The first-order chi connectivity index (χ1) is 11.3. The third-order valence-corrected chi connectivity index (χ3v) is 4.43. The van der Waals surface area contributed by atoms with E-state index in [9.17, 15) is 0 Å². The van der Waals surface area contributed by atoms with Gasteiger partial charge in [0, 0.05) is 12.5 Å². The lowest BCUT2D eigenvalue weighted by atomic mass is 9.82. The average Bonchev–Trinajstić information content (AvgIpc) is 2.90. The molecule has 1 aliphatic carbocycles. The van der Waals surface area contributed by atoms with E-state index >= 15 is 0 Å². The fourth-order valence-electron chi connectivity index (χ4n) is 2.84. The van der Waals surface area contributed by atoms with Crippen molar-refractivity contribution in [1.82, 2.24) is 15.0 Å². The first-order valence-corrected chi connectivity index (χ1v) is 8.31. The van der Waals surface area contributed by atoms with E-state index in [4.69, 9.17) is 10.00 Å². The minimum atomic E-state index is 0.475. The van der Waals surface area contributed by atoms with E-state index < -0.39 is 0 Å². The lowest BCUT2D eigenvalue weighted by Crippen LogP contribution is -2.16. The number of ether oxygens (including phenoxy) is 1. The van der Waals surface area contributed by atoms with E-state index in [2.05, 4.69) is 35.4 Å². The Morgan fingerprint density at radius 2 is 2.04 bits per heavy atom. The fourth-order valence-corrected chi connectivity index (χ4v) is 2.84.